The van der Waals surface area contributed by atoms with E-state index < -0.39 is 11.8 Å². The van der Waals surface area contributed by atoms with Gasteiger partial charge in [-0.3, -0.25) is 4.98 Å². The molecule has 0 saturated carbocycles. The highest BCUT2D eigenvalue weighted by atomic mass is 19.1. The maximum absolute atomic E-state index is 13.8. The van der Waals surface area contributed by atoms with Crippen molar-refractivity contribution >= 4 is 17.3 Å². The second-order valence-electron chi connectivity index (χ2n) is 5.62. The number of anilines is 2. The third-order valence-electron chi connectivity index (χ3n) is 3.94. The van der Waals surface area contributed by atoms with E-state index in [9.17, 15) is 14.3 Å². The van der Waals surface area contributed by atoms with Gasteiger partial charge in [-0.15, -0.1) is 0 Å². The number of aromatic carboxylic acids is 1. The number of methoxy groups -OCH3 is 1. The number of rotatable bonds is 6. The molecule has 0 radical (unpaired) electrons. The Hall–Kier alpha value is -3.41. The fourth-order valence-electron chi connectivity index (χ4n) is 2.63. The van der Waals surface area contributed by atoms with Crippen LogP contribution in [-0.2, 0) is 6.54 Å². The lowest BCUT2D eigenvalue weighted by atomic mass is 10.1. The SMILES string of the molecule is COc1cc(N(Cc2ccncc2)c2cccc(C(=O)O)c2)ccc1F. The first-order chi connectivity index (χ1) is 12.6. The average Bonchev–Trinajstić information content (AvgIpc) is 2.67. The maximum Gasteiger partial charge on any atom is 0.335 e. The molecule has 0 aliphatic heterocycles. The predicted octanol–water partition coefficient (Wildman–Crippen LogP) is 4.27. The number of benzene rings is 2. The Balaban J connectivity index is 2.07. The zero-order valence-corrected chi connectivity index (χ0v) is 14.1. The summed E-state index contributed by atoms with van der Waals surface area (Å²) >= 11 is 0. The lowest BCUT2D eigenvalue weighted by Gasteiger charge is -2.26. The number of ether oxygens (including phenoxy) is 1. The van der Waals surface area contributed by atoms with Crippen LogP contribution in [0.5, 0.6) is 5.75 Å². The number of carboxylic acids is 1. The van der Waals surface area contributed by atoms with Gasteiger partial charge in [-0.1, -0.05) is 6.07 Å². The second kappa shape index (κ2) is 7.65. The molecule has 2 aromatic carbocycles. The van der Waals surface area contributed by atoms with Crippen LogP contribution in [0.2, 0.25) is 0 Å². The minimum absolute atomic E-state index is 0.122. The maximum atomic E-state index is 13.8. The first-order valence-corrected chi connectivity index (χ1v) is 7.92. The number of hydrogen-bond acceptors (Lipinski definition) is 4. The summed E-state index contributed by atoms with van der Waals surface area (Å²) in [4.78, 5) is 17.2. The molecular weight excluding hydrogens is 335 g/mol. The van der Waals surface area contributed by atoms with Gasteiger partial charge in [0.25, 0.3) is 0 Å². The highest BCUT2D eigenvalue weighted by Crippen LogP contribution is 2.32. The summed E-state index contributed by atoms with van der Waals surface area (Å²) in [6.45, 7) is 0.459. The quantitative estimate of drug-likeness (QED) is 0.718. The standard InChI is InChI=1S/C20H17FN2O3/c1-26-19-12-17(5-6-18(19)21)23(13-14-7-9-22-10-8-14)16-4-2-3-15(11-16)20(24)25/h2-12H,13H2,1H3,(H,24,25). The molecule has 0 unspecified atom stereocenters. The van der Waals surface area contributed by atoms with E-state index in [1.54, 1.807) is 36.7 Å². The van der Waals surface area contributed by atoms with Crippen molar-refractivity contribution < 1.29 is 19.0 Å². The molecule has 0 saturated heterocycles. The van der Waals surface area contributed by atoms with E-state index in [0.29, 0.717) is 17.9 Å². The van der Waals surface area contributed by atoms with Gasteiger partial charge in [-0.05, 0) is 48.0 Å². The number of nitrogens with zero attached hydrogens (tertiary/aromatic N) is 2. The fraction of sp³-hybridized carbons (Fsp3) is 0.100. The van der Waals surface area contributed by atoms with Crippen LogP contribution < -0.4 is 9.64 Å². The molecule has 0 bridgehead atoms. The van der Waals surface area contributed by atoms with E-state index in [-0.39, 0.29) is 11.3 Å². The van der Waals surface area contributed by atoms with E-state index >= 15 is 0 Å². The second-order valence-corrected chi connectivity index (χ2v) is 5.62. The Labute approximate surface area is 150 Å². The van der Waals surface area contributed by atoms with Crippen molar-refractivity contribution in [2.75, 3.05) is 12.0 Å². The number of carbonyl (C=O) groups is 1. The molecule has 3 rings (SSSR count). The number of aromatic nitrogens is 1. The first-order valence-electron chi connectivity index (χ1n) is 7.92. The average molecular weight is 352 g/mol. The molecule has 5 nitrogen and oxygen atoms in total. The summed E-state index contributed by atoms with van der Waals surface area (Å²) in [7, 11) is 1.40. The van der Waals surface area contributed by atoms with E-state index in [1.165, 1.54) is 19.2 Å². The minimum atomic E-state index is -1.01. The highest BCUT2D eigenvalue weighted by Gasteiger charge is 2.15. The molecule has 0 atom stereocenters. The van der Waals surface area contributed by atoms with Crippen molar-refractivity contribution in [1.29, 1.82) is 0 Å². The van der Waals surface area contributed by atoms with Gasteiger partial charge < -0.3 is 14.7 Å². The van der Waals surface area contributed by atoms with Crippen LogP contribution in [0.1, 0.15) is 15.9 Å². The Morgan fingerprint density at radius 2 is 1.85 bits per heavy atom. The molecule has 0 fully saturated rings. The molecule has 1 aromatic heterocycles. The van der Waals surface area contributed by atoms with Gasteiger partial charge >= 0.3 is 5.97 Å². The molecule has 132 valence electrons. The normalized spacial score (nSPS) is 10.4. The van der Waals surface area contributed by atoms with Crippen molar-refractivity contribution in [2.24, 2.45) is 0 Å². The van der Waals surface area contributed by atoms with Gasteiger partial charge in [0.05, 0.1) is 12.7 Å². The lowest BCUT2D eigenvalue weighted by molar-refractivity contribution is 0.0697. The van der Waals surface area contributed by atoms with Crippen LogP contribution in [0.3, 0.4) is 0 Å². The molecule has 0 aliphatic carbocycles. The Morgan fingerprint density at radius 1 is 1.12 bits per heavy atom. The van der Waals surface area contributed by atoms with Crippen molar-refractivity contribution in [2.45, 2.75) is 6.54 Å². The molecule has 26 heavy (non-hydrogen) atoms. The largest absolute Gasteiger partial charge is 0.494 e. The van der Waals surface area contributed by atoms with Crippen molar-refractivity contribution in [3.05, 3.63) is 83.9 Å². The molecule has 6 heteroatoms. The van der Waals surface area contributed by atoms with Gasteiger partial charge in [-0.25, -0.2) is 9.18 Å². The van der Waals surface area contributed by atoms with Crippen molar-refractivity contribution in [3.8, 4) is 5.75 Å². The van der Waals surface area contributed by atoms with E-state index in [0.717, 1.165) is 5.56 Å². The zero-order chi connectivity index (χ0) is 18.5. The van der Waals surface area contributed by atoms with Gasteiger partial charge in [0, 0.05) is 36.4 Å². The fourth-order valence-corrected chi connectivity index (χ4v) is 2.63. The first kappa shape index (κ1) is 17.4. The van der Waals surface area contributed by atoms with E-state index in [1.807, 2.05) is 23.1 Å². The van der Waals surface area contributed by atoms with E-state index in [4.69, 9.17) is 4.74 Å². The zero-order valence-electron chi connectivity index (χ0n) is 14.1. The van der Waals surface area contributed by atoms with Gasteiger partial charge in [0.1, 0.15) is 0 Å². The molecule has 0 aliphatic rings. The topological polar surface area (TPSA) is 62.7 Å². The number of carboxylic acid groups (broad SMARTS) is 1. The summed E-state index contributed by atoms with van der Waals surface area (Å²) in [6.07, 6.45) is 3.37. The molecule has 0 amide bonds. The Kier molecular flexibility index (Phi) is 5.12. The Bertz CT molecular complexity index is 916. The van der Waals surface area contributed by atoms with Gasteiger partial charge in [-0.2, -0.15) is 0 Å². The molecule has 0 spiro atoms. The third kappa shape index (κ3) is 3.80. The van der Waals surface area contributed by atoms with Gasteiger partial charge in [0.15, 0.2) is 11.6 Å². The van der Waals surface area contributed by atoms with Crippen molar-refractivity contribution in [3.63, 3.8) is 0 Å². The highest BCUT2D eigenvalue weighted by molar-refractivity contribution is 5.89. The Morgan fingerprint density at radius 3 is 2.54 bits per heavy atom. The summed E-state index contributed by atoms with van der Waals surface area (Å²) in [6, 6.07) is 14.9. The third-order valence-corrected chi connectivity index (χ3v) is 3.94. The monoisotopic (exact) mass is 352 g/mol. The molecule has 1 N–H and O–H groups in total. The molecule has 1 heterocycles. The van der Waals surface area contributed by atoms with Crippen LogP contribution in [0, 0.1) is 5.82 Å². The predicted molar refractivity (Wildman–Crippen MR) is 96.4 cm³/mol. The summed E-state index contributed by atoms with van der Waals surface area (Å²) in [5.74, 6) is -1.34. The van der Waals surface area contributed by atoms with Crippen LogP contribution in [0.15, 0.2) is 67.0 Å². The van der Waals surface area contributed by atoms with Crippen LogP contribution in [0.4, 0.5) is 15.8 Å². The van der Waals surface area contributed by atoms with E-state index in [2.05, 4.69) is 4.98 Å². The van der Waals surface area contributed by atoms with Crippen LogP contribution >= 0.6 is 0 Å². The molecule has 3 aromatic rings. The van der Waals surface area contributed by atoms with Crippen molar-refractivity contribution in [1.82, 2.24) is 4.98 Å². The minimum Gasteiger partial charge on any atom is -0.494 e. The summed E-state index contributed by atoms with van der Waals surface area (Å²) in [5, 5.41) is 9.27. The summed E-state index contributed by atoms with van der Waals surface area (Å²) in [5.41, 5.74) is 2.51. The van der Waals surface area contributed by atoms with Crippen LogP contribution in [-0.4, -0.2) is 23.2 Å². The number of hydrogen-bond donors (Lipinski definition) is 1. The number of pyridine rings is 1. The molecular formula is C20H17FN2O3. The van der Waals surface area contributed by atoms with Gasteiger partial charge in [0.2, 0.25) is 0 Å². The summed E-state index contributed by atoms with van der Waals surface area (Å²) < 4.78 is 18.9. The van der Waals surface area contributed by atoms with Crippen LogP contribution in [0.25, 0.3) is 0 Å². The lowest BCUT2D eigenvalue weighted by Crippen LogP contribution is -2.17. The smallest absolute Gasteiger partial charge is 0.335 e. The number of halogens is 1.